The molecule has 1 heterocycles. The SMILES string of the molecule is Cc1cc(C)cc(N([C@@H](C)C(=O)N2CCCCCC2)S(C)(=O)=O)c1. The van der Waals surface area contributed by atoms with Gasteiger partial charge in [-0.1, -0.05) is 18.9 Å². The molecule has 2 rings (SSSR count). The first-order valence-corrected chi connectivity index (χ1v) is 10.4. The zero-order valence-corrected chi connectivity index (χ0v) is 15.9. The molecule has 0 aliphatic carbocycles. The van der Waals surface area contributed by atoms with Gasteiger partial charge in [0.15, 0.2) is 0 Å². The second-order valence-electron chi connectivity index (χ2n) is 6.82. The number of hydrogen-bond donors (Lipinski definition) is 0. The second-order valence-corrected chi connectivity index (χ2v) is 8.68. The number of anilines is 1. The van der Waals surface area contributed by atoms with Crippen LogP contribution in [0.1, 0.15) is 43.7 Å². The average molecular weight is 353 g/mol. The minimum absolute atomic E-state index is 0.110. The summed E-state index contributed by atoms with van der Waals surface area (Å²) in [7, 11) is -3.56. The van der Waals surface area contributed by atoms with Crippen LogP contribution in [-0.2, 0) is 14.8 Å². The number of sulfonamides is 1. The van der Waals surface area contributed by atoms with Gasteiger partial charge in [-0.25, -0.2) is 8.42 Å². The van der Waals surface area contributed by atoms with Crippen molar-refractivity contribution in [3.8, 4) is 0 Å². The molecule has 0 N–H and O–H groups in total. The third-order valence-corrected chi connectivity index (χ3v) is 5.69. The summed E-state index contributed by atoms with van der Waals surface area (Å²) in [5.41, 5.74) is 2.52. The molecule has 0 aromatic heterocycles. The lowest BCUT2D eigenvalue weighted by Gasteiger charge is -2.32. The minimum Gasteiger partial charge on any atom is -0.341 e. The summed E-state index contributed by atoms with van der Waals surface area (Å²) in [4.78, 5) is 14.7. The summed E-state index contributed by atoms with van der Waals surface area (Å²) in [6.07, 6.45) is 5.40. The summed E-state index contributed by atoms with van der Waals surface area (Å²) in [5, 5.41) is 0. The Kier molecular flexibility index (Phi) is 5.91. The fourth-order valence-corrected chi connectivity index (χ4v) is 4.59. The lowest BCUT2D eigenvalue weighted by molar-refractivity contribution is -0.131. The van der Waals surface area contributed by atoms with Gasteiger partial charge in [0.05, 0.1) is 11.9 Å². The molecule has 1 aliphatic rings. The quantitative estimate of drug-likeness (QED) is 0.837. The maximum Gasteiger partial charge on any atom is 0.246 e. The summed E-state index contributed by atoms with van der Waals surface area (Å²) in [6, 6.07) is 4.89. The molecule has 0 saturated carbocycles. The lowest BCUT2D eigenvalue weighted by atomic mass is 10.1. The fraction of sp³-hybridized carbons (Fsp3) is 0.611. The molecule has 134 valence electrons. The maximum absolute atomic E-state index is 12.9. The highest BCUT2D eigenvalue weighted by molar-refractivity contribution is 7.92. The monoisotopic (exact) mass is 352 g/mol. The Morgan fingerprint density at radius 1 is 1.04 bits per heavy atom. The molecule has 1 fully saturated rings. The van der Waals surface area contributed by atoms with Crippen LogP contribution in [0.3, 0.4) is 0 Å². The van der Waals surface area contributed by atoms with Gasteiger partial charge in [0.2, 0.25) is 15.9 Å². The predicted octanol–water partition coefficient (Wildman–Crippen LogP) is 2.86. The molecule has 24 heavy (non-hydrogen) atoms. The van der Waals surface area contributed by atoms with Crippen LogP contribution in [0, 0.1) is 13.8 Å². The topological polar surface area (TPSA) is 57.7 Å². The summed E-state index contributed by atoms with van der Waals surface area (Å²) in [5.74, 6) is -0.110. The van der Waals surface area contributed by atoms with Gasteiger partial charge in [-0.15, -0.1) is 0 Å². The Bertz CT molecular complexity index is 672. The number of carbonyl (C=O) groups excluding carboxylic acids is 1. The Labute approximate surface area is 145 Å². The van der Waals surface area contributed by atoms with Gasteiger partial charge in [-0.05, 0) is 56.9 Å². The molecule has 1 aromatic rings. The van der Waals surface area contributed by atoms with E-state index in [0.29, 0.717) is 18.8 Å². The van der Waals surface area contributed by atoms with E-state index in [4.69, 9.17) is 0 Å². The highest BCUT2D eigenvalue weighted by atomic mass is 32.2. The Morgan fingerprint density at radius 2 is 1.54 bits per heavy atom. The first kappa shape index (κ1) is 18.8. The van der Waals surface area contributed by atoms with Gasteiger partial charge in [0.25, 0.3) is 0 Å². The van der Waals surface area contributed by atoms with E-state index in [1.807, 2.05) is 36.9 Å². The van der Waals surface area contributed by atoms with Crippen LogP contribution in [0.4, 0.5) is 5.69 Å². The van der Waals surface area contributed by atoms with Gasteiger partial charge >= 0.3 is 0 Å². The minimum atomic E-state index is -3.56. The molecule has 0 bridgehead atoms. The number of nitrogens with zero attached hydrogens (tertiary/aromatic N) is 2. The smallest absolute Gasteiger partial charge is 0.246 e. The van der Waals surface area contributed by atoms with Crippen LogP contribution in [0.15, 0.2) is 18.2 Å². The molecule has 6 heteroatoms. The van der Waals surface area contributed by atoms with E-state index in [0.717, 1.165) is 43.1 Å². The highest BCUT2D eigenvalue weighted by Gasteiger charge is 2.32. The number of carbonyl (C=O) groups is 1. The Hall–Kier alpha value is -1.56. The summed E-state index contributed by atoms with van der Waals surface area (Å²) >= 11 is 0. The number of benzene rings is 1. The maximum atomic E-state index is 12.9. The molecule has 1 aliphatic heterocycles. The van der Waals surface area contributed by atoms with E-state index >= 15 is 0 Å². The van der Waals surface area contributed by atoms with Crippen LogP contribution in [0.2, 0.25) is 0 Å². The predicted molar refractivity (Wildman–Crippen MR) is 97.7 cm³/mol. The molecule has 1 atom stereocenters. The third kappa shape index (κ3) is 4.50. The zero-order valence-electron chi connectivity index (χ0n) is 15.1. The molecular formula is C18H28N2O3S. The molecule has 1 saturated heterocycles. The van der Waals surface area contributed by atoms with Gasteiger partial charge in [-0.3, -0.25) is 9.10 Å². The second kappa shape index (κ2) is 7.55. The van der Waals surface area contributed by atoms with Crippen molar-refractivity contribution in [3.63, 3.8) is 0 Å². The number of aryl methyl sites for hydroxylation is 2. The zero-order chi connectivity index (χ0) is 17.9. The van der Waals surface area contributed by atoms with Crippen LogP contribution < -0.4 is 4.31 Å². The molecule has 1 aromatic carbocycles. The van der Waals surface area contributed by atoms with E-state index in [-0.39, 0.29) is 5.91 Å². The normalized spacial score (nSPS) is 17.2. The van der Waals surface area contributed by atoms with Gasteiger partial charge in [0, 0.05) is 13.1 Å². The van der Waals surface area contributed by atoms with Crippen molar-refractivity contribution in [1.82, 2.24) is 4.90 Å². The first-order valence-electron chi connectivity index (χ1n) is 8.56. The molecule has 0 radical (unpaired) electrons. The van der Waals surface area contributed by atoms with Crippen molar-refractivity contribution in [3.05, 3.63) is 29.3 Å². The number of hydrogen-bond acceptors (Lipinski definition) is 3. The Balaban J connectivity index is 2.35. The summed E-state index contributed by atoms with van der Waals surface area (Å²) < 4.78 is 26.1. The Morgan fingerprint density at radius 3 is 2.00 bits per heavy atom. The van der Waals surface area contributed by atoms with E-state index in [1.165, 1.54) is 4.31 Å². The first-order chi connectivity index (χ1) is 11.2. The van der Waals surface area contributed by atoms with Gasteiger partial charge in [0.1, 0.15) is 6.04 Å². The molecule has 0 spiro atoms. The molecular weight excluding hydrogens is 324 g/mol. The number of amides is 1. The summed E-state index contributed by atoms with van der Waals surface area (Å²) in [6.45, 7) is 6.98. The average Bonchev–Trinajstić information content (AvgIpc) is 2.72. The molecule has 1 amide bonds. The number of likely N-dealkylation sites (tertiary alicyclic amines) is 1. The molecule has 0 unspecified atom stereocenters. The van der Waals surface area contributed by atoms with Crippen molar-refractivity contribution >= 4 is 21.6 Å². The number of rotatable bonds is 4. The highest BCUT2D eigenvalue weighted by Crippen LogP contribution is 2.25. The largest absolute Gasteiger partial charge is 0.341 e. The third-order valence-electron chi connectivity index (χ3n) is 4.45. The van der Waals surface area contributed by atoms with Crippen molar-refractivity contribution in [1.29, 1.82) is 0 Å². The van der Waals surface area contributed by atoms with E-state index in [9.17, 15) is 13.2 Å². The van der Waals surface area contributed by atoms with Crippen LogP contribution in [0.25, 0.3) is 0 Å². The van der Waals surface area contributed by atoms with E-state index < -0.39 is 16.1 Å². The van der Waals surface area contributed by atoms with Gasteiger partial charge in [-0.2, -0.15) is 0 Å². The van der Waals surface area contributed by atoms with Crippen LogP contribution >= 0.6 is 0 Å². The molecule has 5 nitrogen and oxygen atoms in total. The van der Waals surface area contributed by atoms with Gasteiger partial charge < -0.3 is 4.90 Å². The van der Waals surface area contributed by atoms with Crippen LogP contribution in [-0.4, -0.2) is 44.6 Å². The van der Waals surface area contributed by atoms with Crippen molar-refractivity contribution < 1.29 is 13.2 Å². The van der Waals surface area contributed by atoms with Crippen molar-refractivity contribution in [2.24, 2.45) is 0 Å². The fourth-order valence-electron chi connectivity index (χ4n) is 3.44. The lowest BCUT2D eigenvalue weighted by Crippen LogP contribution is -2.49. The standard InChI is InChI=1S/C18H28N2O3S/c1-14-11-15(2)13-17(12-14)20(24(4,22)23)16(3)18(21)19-9-7-5-6-8-10-19/h11-13,16H,5-10H2,1-4H3/t16-/m0/s1. The van der Waals surface area contributed by atoms with Crippen LogP contribution in [0.5, 0.6) is 0 Å². The van der Waals surface area contributed by atoms with Crippen molar-refractivity contribution in [2.45, 2.75) is 52.5 Å². The van der Waals surface area contributed by atoms with Crippen molar-refractivity contribution in [2.75, 3.05) is 23.7 Å². The van der Waals surface area contributed by atoms with E-state index in [2.05, 4.69) is 0 Å². The van der Waals surface area contributed by atoms with E-state index in [1.54, 1.807) is 6.92 Å².